The smallest absolute Gasteiger partial charge is 0.292 e. The molecule has 0 aliphatic carbocycles. The van der Waals surface area contributed by atoms with Crippen molar-refractivity contribution in [3.8, 4) is 0 Å². The van der Waals surface area contributed by atoms with Crippen LogP contribution in [0, 0.1) is 10.1 Å². The summed E-state index contributed by atoms with van der Waals surface area (Å²) in [6.45, 7) is 0.357. The summed E-state index contributed by atoms with van der Waals surface area (Å²) >= 11 is 0. The number of hydrogen-bond donors (Lipinski definition) is 2. The van der Waals surface area contributed by atoms with Gasteiger partial charge in [-0.1, -0.05) is 54.6 Å². The van der Waals surface area contributed by atoms with Gasteiger partial charge in [0, 0.05) is 25.6 Å². The molecule has 3 aromatic rings. The molecule has 34 heavy (non-hydrogen) atoms. The van der Waals surface area contributed by atoms with E-state index in [0.717, 1.165) is 10.5 Å². The van der Waals surface area contributed by atoms with Crippen molar-refractivity contribution >= 4 is 29.1 Å². The number of hydrogen-bond acceptors (Lipinski definition) is 6. The highest BCUT2D eigenvalue weighted by Crippen LogP contribution is 2.26. The van der Waals surface area contributed by atoms with Crippen LogP contribution in [0.3, 0.4) is 0 Å². The predicted octanol–water partition coefficient (Wildman–Crippen LogP) is 3.03. The van der Waals surface area contributed by atoms with E-state index in [1.165, 1.54) is 6.07 Å². The van der Waals surface area contributed by atoms with Crippen molar-refractivity contribution in [1.29, 1.82) is 0 Å². The minimum absolute atomic E-state index is 0.0678. The van der Waals surface area contributed by atoms with Crippen LogP contribution in [-0.2, 0) is 11.2 Å². The van der Waals surface area contributed by atoms with Crippen molar-refractivity contribution in [1.82, 2.24) is 10.2 Å². The number of nitro benzene ring substituents is 1. The molecule has 1 aliphatic rings. The van der Waals surface area contributed by atoms with Crippen LogP contribution in [0.1, 0.15) is 26.3 Å². The van der Waals surface area contributed by atoms with E-state index < -0.39 is 28.7 Å². The van der Waals surface area contributed by atoms with E-state index in [4.69, 9.17) is 0 Å². The molecule has 0 bridgehead atoms. The number of rotatable bonds is 9. The number of nitrogens with zero attached hydrogens (tertiary/aromatic N) is 2. The lowest BCUT2D eigenvalue weighted by Gasteiger charge is -2.25. The van der Waals surface area contributed by atoms with E-state index in [1.54, 1.807) is 42.5 Å². The molecular formula is C25H22N4O5. The first-order valence-electron chi connectivity index (χ1n) is 10.7. The molecule has 4 rings (SSSR count). The van der Waals surface area contributed by atoms with Crippen LogP contribution in [-0.4, -0.2) is 46.7 Å². The van der Waals surface area contributed by atoms with Crippen LogP contribution in [0.4, 0.5) is 11.4 Å². The minimum Gasteiger partial charge on any atom is -0.378 e. The second kappa shape index (κ2) is 9.95. The third-order valence-corrected chi connectivity index (χ3v) is 5.55. The van der Waals surface area contributed by atoms with Gasteiger partial charge < -0.3 is 10.6 Å². The molecular weight excluding hydrogens is 436 g/mol. The van der Waals surface area contributed by atoms with Gasteiger partial charge in [0.05, 0.1) is 16.1 Å². The standard InChI is InChI=1S/C25H22N4O5/c30-23(27-15-14-26-20-12-6-7-13-21(20)29(33)34)22(16-17-8-2-1-3-9-17)28-24(31)18-10-4-5-11-19(18)25(28)32/h1-13,22,26H,14-16H2,(H,27,30)/t22-/m0/s1. The van der Waals surface area contributed by atoms with Gasteiger partial charge in [-0.15, -0.1) is 0 Å². The number of anilines is 1. The van der Waals surface area contributed by atoms with Crippen LogP contribution >= 0.6 is 0 Å². The molecule has 0 spiro atoms. The van der Waals surface area contributed by atoms with Crippen LogP contribution in [0.2, 0.25) is 0 Å². The summed E-state index contributed by atoms with van der Waals surface area (Å²) in [7, 11) is 0. The highest BCUT2D eigenvalue weighted by molar-refractivity contribution is 6.22. The molecule has 0 unspecified atom stereocenters. The number of nitrogens with one attached hydrogen (secondary N) is 2. The maximum Gasteiger partial charge on any atom is 0.292 e. The fraction of sp³-hybridized carbons (Fsp3) is 0.160. The Balaban J connectivity index is 1.48. The second-order valence-electron chi connectivity index (χ2n) is 7.72. The third-order valence-electron chi connectivity index (χ3n) is 5.55. The van der Waals surface area contributed by atoms with E-state index in [-0.39, 0.29) is 36.3 Å². The van der Waals surface area contributed by atoms with Crippen molar-refractivity contribution < 1.29 is 19.3 Å². The van der Waals surface area contributed by atoms with Crippen LogP contribution < -0.4 is 10.6 Å². The number of imide groups is 1. The molecule has 3 aromatic carbocycles. The minimum atomic E-state index is -1.04. The monoisotopic (exact) mass is 458 g/mol. The van der Waals surface area contributed by atoms with E-state index in [2.05, 4.69) is 10.6 Å². The molecule has 2 N–H and O–H groups in total. The van der Waals surface area contributed by atoms with Gasteiger partial charge in [0.1, 0.15) is 11.7 Å². The first kappa shape index (κ1) is 22.7. The Morgan fingerprint density at radius 1 is 0.853 bits per heavy atom. The number of benzene rings is 3. The summed E-state index contributed by atoms with van der Waals surface area (Å²) in [6.07, 6.45) is 0.162. The van der Waals surface area contributed by atoms with E-state index in [1.807, 2.05) is 30.3 Å². The number of para-hydroxylation sites is 2. The largest absolute Gasteiger partial charge is 0.378 e. The van der Waals surface area contributed by atoms with Crippen molar-refractivity contribution in [3.63, 3.8) is 0 Å². The summed E-state index contributed by atoms with van der Waals surface area (Å²) in [5.41, 5.74) is 1.62. The molecule has 1 aliphatic heterocycles. The molecule has 0 saturated carbocycles. The highest BCUT2D eigenvalue weighted by Gasteiger charge is 2.42. The van der Waals surface area contributed by atoms with Crippen molar-refractivity contribution in [2.75, 3.05) is 18.4 Å². The Kier molecular flexibility index (Phi) is 6.63. The Labute approximate surface area is 195 Å². The summed E-state index contributed by atoms with van der Waals surface area (Å²) in [5, 5.41) is 16.8. The van der Waals surface area contributed by atoms with Crippen LogP contribution in [0.25, 0.3) is 0 Å². The normalized spacial score (nSPS) is 13.4. The van der Waals surface area contributed by atoms with E-state index >= 15 is 0 Å². The van der Waals surface area contributed by atoms with Gasteiger partial charge in [-0.3, -0.25) is 29.4 Å². The molecule has 1 atom stereocenters. The van der Waals surface area contributed by atoms with Crippen LogP contribution in [0.5, 0.6) is 0 Å². The van der Waals surface area contributed by atoms with Crippen molar-refractivity contribution in [2.24, 2.45) is 0 Å². The first-order valence-corrected chi connectivity index (χ1v) is 10.7. The fourth-order valence-electron chi connectivity index (χ4n) is 3.91. The fourth-order valence-corrected chi connectivity index (χ4v) is 3.91. The molecule has 1 heterocycles. The zero-order chi connectivity index (χ0) is 24.1. The number of nitro groups is 1. The number of carbonyl (C=O) groups excluding carboxylic acids is 3. The average molecular weight is 458 g/mol. The molecule has 9 nitrogen and oxygen atoms in total. The summed E-state index contributed by atoms with van der Waals surface area (Å²) in [5.74, 6) is -1.49. The summed E-state index contributed by atoms with van der Waals surface area (Å²) in [6, 6.07) is 20.8. The lowest BCUT2D eigenvalue weighted by Crippen LogP contribution is -2.51. The first-order chi connectivity index (χ1) is 16.5. The van der Waals surface area contributed by atoms with Crippen molar-refractivity contribution in [3.05, 3.63) is 106 Å². The highest BCUT2D eigenvalue weighted by atomic mass is 16.6. The number of amides is 3. The second-order valence-corrected chi connectivity index (χ2v) is 7.72. The maximum atomic E-state index is 13.2. The van der Waals surface area contributed by atoms with Gasteiger partial charge in [-0.25, -0.2) is 0 Å². The summed E-state index contributed by atoms with van der Waals surface area (Å²) < 4.78 is 0. The van der Waals surface area contributed by atoms with Gasteiger partial charge in [-0.2, -0.15) is 0 Å². The number of fused-ring (bicyclic) bond motifs is 1. The molecule has 9 heteroatoms. The van der Waals surface area contributed by atoms with Gasteiger partial charge >= 0.3 is 0 Å². The predicted molar refractivity (Wildman–Crippen MR) is 125 cm³/mol. The molecule has 172 valence electrons. The van der Waals surface area contributed by atoms with E-state index in [0.29, 0.717) is 5.69 Å². The SMILES string of the molecule is O=C(NCCNc1ccccc1[N+](=O)[O-])[C@H](Cc1ccccc1)N1C(=O)c2ccccc2C1=O. The zero-order valence-electron chi connectivity index (χ0n) is 18.1. The molecule has 0 radical (unpaired) electrons. The molecule has 0 saturated heterocycles. The van der Waals surface area contributed by atoms with Gasteiger partial charge in [-0.05, 0) is 23.8 Å². The maximum absolute atomic E-state index is 13.2. The lowest BCUT2D eigenvalue weighted by molar-refractivity contribution is -0.384. The number of carbonyl (C=O) groups is 3. The Hall–Kier alpha value is -4.53. The van der Waals surface area contributed by atoms with E-state index in [9.17, 15) is 24.5 Å². The Bertz CT molecular complexity index is 1210. The third kappa shape index (κ3) is 4.63. The van der Waals surface area contributed by atoms with Gasteiger partial charge in [0.25, 0.3) is 17.5 Å². The Morgan fingerprint density at radius 2 is 1.44 bits per heavy atom. The van der Waals surface area contributed by atoms with Crippen molar-refractivity contribution in [2.45, 2.75) is 12.5 Å². The quantitative estimate of drug-likeness (QED) is 0.220. The average Bonchev–Trinajstić information content (AvgIpc) is 3.11. The Morgan fingerprint density at radius 3 is 2.09 bits per heavy atom. The zero-order valence-corrected chi connectivity index (χ0v) is 18.1. The molecule has 0 fully saturated rings. The topological polar surface area (TPSA) is 122 Å². The van der Waals surface area contributed by atoms with Gasteiger partial charge in [0.2, 0.25) is 5.91 Å². The van der Waals surface area contributed by atoms with Crippen LogP contribution in [0.15, 0.2) is 78.9 Å². The molecule has 3 amide bonds. The molecule has 0 aromatic heterocycles. The summed E-state index contributed by atoms with van der Waals surface area (Å²) in [4.78, 5) is 50.9. The van der Waals surface area contributed by atoms with Gasteiger partial charge in [0.15, 0.2) is 0 Å². The lowest BCUT2D eigenvalue weighted by atomic mass is 10.0.